The fourth-order valence-electron chi connectivity index (χ4n) is 2.40. The minimum Gasteiger partial charge on any atom is -0.343 e. The first-order valence-electron chi connectivity index (χ1n) is 6.12. The van der Waals surface area contributed by atoms with E-state index in [9.17, 15) is 4.79 Å². The number of nitrogens with zero attached hydrogens (tertiary/aromatic N) is 1. The third kappa shape index (κ3) is 2.42. The van der Waals surface area contributed by atoms with Crippen molar-refractivity contribution < 1.29 is 4.79 Å². The van der Waals surface area contributed by atoms with Crippen LogP contribution in [0.1, 0.15) is 39.0 Å². The van der Waals surface area contributed by atoms with Crippen molar-refractivity contribution in [3.63, 3.8) is 0 Å². The summed E-state index contributed by atoms with van der Waals surface area (Å²) in [7, 11) is 1.98. The smallest absolute Gasteiger partial charge is 0.225 e. The van der Waals surface area contributed by atoms with Crippen molar-refractivity contribution in [2.45, 2.75) is 45.1 Å². The molecule has 84 valence electrons. The summed E-state index contributed by atoms with van der Waals surface area (Å²) in [6.45, 7) is 2.19. The topological polar surface area (TPSA) is 20.3 Å². The molecule has 0 aliphatic heterocycles. The molecule has 2 aliphatic rings. The van der Waals surface area contributed by atoms with Crippen LogP contribution in [0.2, 0.25) is 0 Å². The average Bonchev–Trinajstić information content (AvgIpc) is 3.11. The van der Waals surface area contributed by atoms with Gasteiger partial charge in [-0.25, -0.2) is 0 Å². The molecule has 2 atom stereocenters. The van der Waals surface area contributed by atoms with Crippen molar-refractivity contribution in [2.24, 2.45) is 11.8 Å². The molecule has 2 aliphatic carbocycles. The summed E-state index contributed by atoms with van der Waals surface area (Å²) in [6, 6.07) is 0.448. The molecule has 0 bridgehead atoms. The summed E-state index contributed by atoms with van der Waals surface area (Å²) in [5, 5.41) is 0. The predicted octanol–water partition coefficient (Wildman–Crippen LogP) is 2.60. The molecule has 0 heterocycles. The van der Waals surface area contributed by atoms with E-state index in [0.717, 1.165) is 25.2 Å². The van der Waals surface area contributed by atoms with E-state index in [1.165, 1.54) is 12.8 Å². The Morgan fingerprint density at radius 2 is 2.07 bits per heavy atom. The second-order valence-corrected chi connectivity index (χ2v) is 5.01. The molecule has 2 rings (SSSR count). The Morgan fingerprint density at radius 1 is 1.33 bits per heavy atom. The first-order valence-corrected chi connectivity index (χ1v) is 6.12. The molecule has 1 amide bonds. The highest BCUT2D eigenvalue weighted by molar-refractivity contribution is 5.79. The first kappa shape index (κ1) is 10.7. The van der Waals surface area contributed by atoms with Gasteiger partial charge in [0.1, 0.15) is 0 Å². The minimum absolute atomic E-state index is 0.251. The molecular formula is C13H21NO. The van der Waals surface area contributed by atoms with Gasteiger partial charge in [-0.1, -0.05) is 12.2 Å². The van der Waals surface area contributed by atoms with Crippen molar-refractivity contribution >= 4 is 5.91 Å². The Balaban J connectivity index is 1.90. The Morgan fingerprint density at radius 3 is 2.60 bits per heavy atom. The van der Waals surface area contributed by atoms with Gasteiger partial charge >= 0.3 is 0 Å². The molecular weight excluding hydrogens is 186 g/mol. The number of hydrogen-bond donors (Lipinski definition) is 0. The Kier molecular flexibility index (Phi) is 3.13. The van der Waals surface area contributed by atoms with Crippen molar-refractivity contribution in [3.05, 3.63) is 12.2 Å². The van der Waals surface area contributed by atoms with Gasteiger partial charge in [-0.3, -0.25) is 4.79 Å². The summed E-state index contributed by atoms with van der Waals surface area (Å²) in [5.74, 6) is 1.39. The zero-order valence-corrected chi connectivity index (χ0v) is 9.78. The maximum absolute atomic E-state index is 12.2. The molecule has 15 heavy (non-hydrogen) atoms. The molecule has 0 saturated heterocycles. The largest absolute Gasteiger partial charge is 0.343 e. The van der Waals surface area contributed by atoms with Gasteiger partial charge in [0.05, 0.1) is 0 Å². The number of allylic oxidation sites excluding steroid dienone is 2. The van der Waals surface area contributed by atoms with Crippen molar-refractivity contribution in [1.29, 1.82) is 0 Å². The summed E-state index contributed by atoms with van der Waals surface area (Å²) in [5.41, 5.74) is 0. The Bertz CT molecular complexity index is 268. The molecule has 2 heteroatoms. The van der Waals surface area contributed by atoms with Crippen molar-refractivity contribution in [3.8, 4) is 0 Å². The van der Waals surface area contributed by atoms with Crippen LogP contribution < -0.4 is 0 Å². The highest BCUT2D eigenvalue weighted by Gasteiger charge is 2.34. The normalized spacial score (nSPS) is 27.5. The lowest BCUT2D eigenvalue weighted by Gasteiger charge is -2.29. The molecule has 2 nitrogen and oxygen atoms in total. The van der Waals surface area contributed by atoms with Crippen LogP contribution >= 0.6 is 0 Å². The number of carbonyl (C=O) groups excluding carboxylic acids is 1. The van der Waals surface area contributed by atoms with Crippen LogP contribution in [0.3, 0.4) is 0 Å². The average molecular weight is 207 g/mol. The number of carbonyl (C=O) groups is 1. The fraction of sp³-hybridized carbons (Fsp3) is 0.769. The molecule has 0 spiro atoms. The monoisotopic (exact) mass is 207 g/mol. The highest BCUT2D eigenvalue weighted by atomic mass is 16.2. The molecule has 0 unspecified atom stereocenters. The molecule has 0 aromatic carbocycles. The molecule has 0 radical (unpaired) electrons. The molecule has 0 aromatic heterocycles. The quantitative estimate of drug-likeness (QED) is 0.651. The Hall–Kier alpha value is -0.790. The third-order valence-electron chi connectivity index (χ3n) is 3.88. The van der Waals surface area contributed by atoms with Gasteiger partial charge in [0.25, 0.3) is 0 Å². The van der Waals surface area contributed by atoms with E-state index in [0.29, 0.717) is 11.9 Å². The summed E-state index contributed by atoms with van der Waals surface area (Å²) in [4.78, 5) is 14.2. The van der Waals surface area contributed by atoms with Gasteiger partial charge in [-0.15, -0.1) is 0 Å². The lowest BCUT2D eigenvalue weighted by atomic mass is 9.92. The second kappa shape index (κ2) is 4.38. The highest BCUT2D eigenvalue weighted by Crippen LogP contribution is 2.35. The van der Waals surface area contributed by atoms with Crippen LogP contribution in [0.4, 0.5) is 0 Å². The molecule has 0 N–H and O–H groups in total. The lowest BCUT2D eigenvalue weighted by Crippen LogP contribution is -2.40. The zero-order valence-electron chi connectivity index (χ0n) is 9.78. The van der Waals surface area contributed by atoms with E-state index < -0.39 is 0 Å². The Labute approximate surface area is 92.3 Å². The fourth-order valence-corrected chi connectivity index (χ4v) is 2.40. The van der Waals surface area contributed by atoms with Gasteiger partial charge in [0.15, 0.2) is 0 Å². The van der Waals surface area contributed by atoms with Gasteiger partial charge < -0.3 is 4.90 Å². The number of rotatable bonds is 3. The predicted molar refractivity (Wildman–Crippen MR) is 61.4 cm³/mol. The van der Waals surface area contributed by atoms with Gasteiger partial charge in [0.2, 0.25) is 5.91 Å². The van der Waals surface area contributed by atoms with Gasteiger partial charge in [-0.2, -0.15) is 0 Å². The number of amides is 1. The maximum atomic E-state index is 12.2. The first-order chi connectivity index (χ1) is 7.20. The second-order valence-electron chi connectivity index (χ2n) is 5.01. The van der Waals surface area contributed by atoms with Crippen LogP contribution in [0.5, 0.6) is 0 Å². The van der Waals surface area contributed by atoms with E-state index in [1.807, 2.05) is 11.9 Å². The minimum atomic E-state index is 0.251. The molecule has 1 fully saturated rings. The molecule has 1 saturated carbocycles. The van der Waals surface area contributed by atoms with Gasteiger partial charge in [-0.05, 0) is 44.9 Å². The van der Waals surface area contributed by atoms with Crippen LogP contribution in [0.25, 0.3) is 0 Å². The van der Waals surface area contributed by atoms with Crippen LogP contribution in [-0.2, 0) is 4.79 Å². The van der Waals surface area contributed by atoms with Crippen molar-refractivity contribution in [2.75, 3.05) is 7.05 Å². The SMILES string of the molecule is C[C@H](C1CC1)N(C)C(=O)[C@@H]1CC=CCC1. The van der Waals surface area contributed by atoms with Crippen LogP contribution in [-0.4, -0.2) is 23.9 Å². The van der Waals surface area contributed by atoms with E-state index in [-0.39, 0.29) is 5.92 Å². The molecule has 0 aromatic rings. The standard InChI is InChI=1S/C13H21NO/c1-10(11-8-9-11)14(2)13(15)12-6-4-3-5-7-12/h3-4,10-12H,5-9H2,1-2H3/t10-,12-/m1/s1. The van der Waals surface area contributed by atoms with Gasteiger partial charge in [0, 0.05) is 19.0 Å². The van der Waals surface area contributed by atoms with Crippen LogP contribution in [0, 0.1) is 11.8 Å². The third-order valence-corrected chi connectivity index (χ3v) is 3.88. The lowest BCUT2D eigenvalue weighted by molar-refractivity contribution is -0.136. The summed E-state index contributed by atoms with van der Waals surface area (Å²) in [6.07, 6.45) is 10.0. The summed E-state index contributed by atoms with van der Waals surface area (Å²) >= 11 is 0. The van der Waals surface area contributed by atoms with E-state index in [1.54, 1.807) is 0 Å². The zero-order chi connectivity index (χ0) is 10.8. The van der Waals surface area contributed by atoms with E-state index in [2.05, 4.69) is 19.1 Å². The maximum Gasteiger partial charge on any atom is 0.225 e. The van der Waals surface area contributed by atoms with E-state index in [4.69, 9.17) is 0 Å². The van der Waals surface area contributed by atoms with E-state index >= 15 is 0 Å². The van der Waals surface area contributed by atoms with Crippen molar-refractivity contribution in [1.82, 2.24) is 4.90 Å². The summed E-state index contributed by atoms with van der Waals surface area (Å²) < 4.78 is 0. The number of hydrogen-bond acceptors (Lipinski definition) is 1. The van der Waals surface area contributed by atoms with Crippen LogP contribution in [0.15, 0.2) is 12.2 Å².